The molecule has 0 radical (unpaired) electrons. The normalized spacial score (nSPS) is 10.6. The zero-order chi connectivity index (χ0) is 18.1. The first-order valence-electron chi connectivity index (χ1n) is 7.62. The first kappa shape index (κ1) is 16.4. The van der Waals surface area contributed by atoms with Crippen LogP contribution in [0.15, 0.2) is 51.7 Å². The van der Waals surface area contributed by atoms with Crippen LogP contribution >= 0.6 is 0 Å². The van der Waals surface area contributed by atoms with Crippen molar-refractivity contribution >= 4 is 28.5 Å². The van der Waals surface area contributed by atoms with E-state index >= 15 is 0 Å². The van der Waals surface area contributed by atoms with Crippen molar-refractivity contribution in [2.75, 3.05) is 5.32 Å². The summed E-state index contributed by atoms with van der Waals surface area (Å²) in [6.45, 7) is 3.85. The van der Waals surface area contributed by atoms with E-state index in [4.69, 9.17) is 10.2 Å². The predicted octanol–water partition coefficient (Wildman–Crippen LogP) is 2.76. The predicted molar refractivity (Wildman–Crippen MR) is 94.9 cm³/mol. The maximum Gasteiger partial charge on any atom is 0.349 e. The molecule has 6 heteroatoms. The van der Waals surface area contributed by atoms with E-state index in [1.54, 1.807) is 18.2 Å². The van der Waals surface area contributed by atoms with Crippen molar-refractivity contribution < 1.29 is 14.0 Å². The summed E-state index contributed by atoms with van der Waals surface area (Å²) in [5.74, 6) is -1.34. The number of anilines is 1. The molecule has 6 nitrogen and oxygen atoms in total. The number of benzene rings is 2. The van der Waals surface area contributed by atoms with Gasteiger partial charge in [0.1, 0.15) is 11.1 Å². The van der Waals surface area contributed by atoms with E-state index in [0.29, 0.717) is 11.0 Å². The number of carbonyl (C=O) groups is 2. The highest BCUT2D eigenvalue weighted by Gasteiger charge is 2.17. The number of hydrogen-bond acceptors (Lipinski definition) is 4. The highest BCUT2D eigenvalue weighted by molar-refractivity contribution is 6.09. The van der Waals surface area contributed by atoms with Gasteiger partial charge in [-0.15, -0.1) is 0 Å². The smallest absolute Gasteiger partial charge is 0.349 e. The van der Waals surface area contributed by atoms with Crippen LogP contribution in [-0.2, 0) is 0 Å². The van der Waals surface area contributed by atoms with Gasteiger partial charge < -0.3 is 15.5 Å². The average molecular weight is 336 g/mol. The molecule has 0 aliphatic rings. The molecular weight excluding hydrogens is 320 g/mol. The number of primary amides is 1. The number of para-hydroxylation sites is 1. The third-order valence-electron chi connectivity index (χ3n) is 4.03. The van der Waals surface area contributed by atoms with Crippen LogP contribution in [0.3, 0.4) is 0 Å². The van der Waals surface area contributed by atoms with Crippen molar-refractivity contribution in [3.63, 3.8) is 0 Å². The lowest BCUT2D eigenvalue weighted by Gasteiger charge is -2.09. The molecule has 1 aromatic heterocycles. The van der Waals surface area contributed by atoms with Gasteiger partial charge in [-0.25, -0.2) is 4.79 Å². The summed E-state index contributed by atoms with van der Waals surface area (Å²) in [4.78, 5) is 36.1. The third-order valence-corrected chi connectivity index (χ3v) is 4.03. The first-order valence-corrected chi connectivity index (χ1v) is 7.62. The number of fused-ring (bicyclic) bond motifs is 1. The Morgan fingerprint density at radius 1 is 1.00 bits per heavy atom. The Morgan fingerprint density at radius 2 is 1.68 bits per heavy atom. The standard InChI is InChI=1S/C19H16N2O4/c1-10-7-12-9-14(19(24)25-16(12)8-11(10)2)18(23)21-15-6-4-3-5-13(15)17(20)22/h3-9H,1-2H3,(H2,20,22)(H,21,23). The number of nitrogens with two attached hydrogens (primary N) is 1. The fraction of sp³-hybridized carbons (Fsp3) is 0.105. The quantitative estimate of drug-likeness (QED) is 0.718. The van der Waals surface area contributed by atoms with Crippen molar-refractivity contribution in [3.8, 4) is 0 Å². The SMILES string of the molecule is Cc1cc2cc(C(=O)Nc3ccccc3C(N)=O)c(=O)oc2cc1C. The van der Waals surface area contributed by atoms with Gasteiger partial charge in [-0.05, 0) is 55.3 Å². The third kappa shape index (κ3) is 3.14. The van der Waals surface area contributed by atoms with Gasteiger partial charge in [-0.3, -0.25) is 9.59 Å². The highest BCUT2D eigenvalue weighted by Crippen LogP contribution is 2.20. The van der Waals surface area contributed by atoms with Gasteiger partial charge in [0.05, 0.1) is 11.3 Å². The second kappa shape index (κ2) is 6.24. The van der Waals surface area contributed by atoms with Crippen LogP contribution in [0.25, 0.3) is 11.0 Å². The van der Waals surface area contributed by atoms with Crippen LogP contribution in [0.4, 0.5) is 5.69 Å². The van der Waals surface area contributed by atoms with Gasteiger partial charge in [0, 0.05) is 5.39 Å². The minimum atomic E-state index is -0.746. The molecule has 2 amide bonds. The van der Waals surface area contributed by atoms with Gasteiger partial charge in [0.15, 0.2) is 0 Å². The number of aryl methyl sites for hydroxylation is 2. The van der Waals surface area contributed by atoms with Gasteiger partial charge >= 0.3 is 5.63 Å². The summed E-state index contributed by atoms with van der Waals surface area (Å²) in [5, 5.41) is 3.19. The van der Waals surface area contributed by atoms with E-state index < -0.39 is 17.4 Å². The lowest BCUT2D eigenvalue weighted by atomic mass is 10.1. The van der Waals surface area contributed by atoms with E-state index in [1.165, 1.54) is 18.2 Å². The van der Waals surface area contributed by atoms with Crippen LogP contribution in [0.5, 0.6) is 0 Å². The van der Waals surface area contributed by atoms with Crippen molar-refractivity contribution in [1.29, 1.82) is 0 Å². The van der Waals surface area contributed by atoms with Crippen molar-refractivity contribution in [2.24, 2.45) is 5.73 Å². The lowest BCUT2D eigenvalue weighted by Crippen LogP contribution is -2.23. The molecule has 3 rings (SSSR count). The Bertz CT molecular complexity index is 1070. The summed E-state index contributed by atoms with van der Waals surface area (Å²) in [5.41, 5.74) is 7.23. The Labute approximate surface area is 143 Å². The first-order chi connectivity index (χ1) is 11.9. The molecule has 0 saturated heterocycles. The lowest BCUT2D eigenvalue weighted by molar-refractivity contribution is 0.100. The summed E-state index contributed by atoms with van der Waals surface area (Å²) < 4.78 is 5.26. The largest absolute Gasteiger partial charge is 0.422 e. The minimum absolute atomic E-state index is 0.143. The number of hydrogen-bond donors (Lipinski definition) is 2. The Morgan fingerprint density at radius 3 is 2.40 bits per heavy atom. The van der Waals surface area contributed by atoms with Crippen LogP contribution in [0.1, 0.15) is 31.8 Å². The van der Waals surface area contributed by atoms with Crippen molar-refractivity contribution in [2.45, 2.75) is 13.8 Å². The Balaban J connectivity index is 2.03. The molecule has 0 aliphatic carbocycles. The summed E-state index contributed by atoms with van der Waals surface area (Å²) in [7, 11) is 0. The summed E-state index contributed by atoms with van der Waals surface area (Å²) >= 11 is 0. The second-order valence-electron chi connectivity index (χ2n) is 5.79. The van der Waals surface area contributed by atoms with Crippen molar-refractivity contribution in [3.05, 3.63) is 75.1 Å². The fourth-order valence-corrected chi connectivity index (χ4v) is 2.54. The molecule has 2 aromatic carbocycles. The monoisotopic (exact) mass is 336 g/mol. The number of nitrogens with one attached hydrogen (secondary N) is 1. The van der Waals surface area contributed by atoms with Gasteiger partial charge in [-0.1, -0.05) is 12.1 Å². The molecule has 126 valence electrons. The van der Waals surface area contributed by atoms with Gasteiger partial charge in [-0.2, -0.15) is 0 Å². The topological polar surface area (TPSA) is 102 Å². The van der Waals surface area contributed by atoms with E-state index in [2.05, 4.69) is 5.32 Å². The zero-order valence-electron chi connectivity index (χ0n) is 13.8. The van der Waals surface area contributed by atoms with Crippen LogP contribution in [0, 0.1) is 13.8 Å². The summed E-state index contributed by atoms with van der Waals surface area (Å²) in [6.07, 6.45) is 0. The van der Waals surface area contributed by atoms with E-state index in [9.17, 15) is 14.4 Å². The minimum Gasteiger partial charge on any atom is -0.422 e. The summed E-state index contributed by atoms with van der Waals surface area (Å²) in [6, 6.07) is 11.4. The van der Waals surface area contributed by atoms with Gasteiger partial charge in [0.25, 0.3) is 11.8 Å². The van der Waals surface area contributed by atoms with E-state index in [0.717, 1.165) is 11.1 Å². The number of amides is 2. The van der Waals surface area contributed by atoms with E-state index in [-0.39, 0.29) is 16.8 Å². The molecule has 0 unspecified atom stereocenters. The van der Waals surface area contributed by atoms with E-state index in [1.807, 2.05) is 19.9 Å². The maximum atomic E-state index is 12.5. The molecule has 0 fully saturated rings. The fourth-order valence-electron chi connectivity index (χ4n) is 2.54. The molecule has 3 aromatic rings. The Hall–Kier alpha value is -3.41. The average Bonchev–Trinajstić information content (AvgIpc) is 2.56. The van der Waals surface area contributed by atoms with Crippen LogP contribution in [-0.4, -0.2) is 11.8 Å². The van der Waals surface area contributed by atoms with Crippen LogP contribution < -0.4 is 16.7 Å². The number of rotatable bonds is 3. The molecule has 0 aliphatic heterocycles. The van der Waals surface area contributed by atoms with Crippen molar-refractivity contribution in [1.82, 2.24) is 0 Å². The molecule has 0 spiro atoms. The van der Waals surface area contributed by atoms with Gasteiger partial charge in [0.2, 0.25) is 0 Å². The molecule has 0 saturated carbocycles. The maximum absolute atomic E-state index is 12.5. The second-order valence-corrected chi connectivity index (χ2v) is 5.79. The number of carbonyl (C=O) groups excluding carboxylic acids is 2. The Kier molecular flexibility index (Phi) is 4.10. The molecule has 0 atom stereocenters. The molecule has 3 N–H and O–H groups in total. The zero-order valence-corrected chi connectivity index (χ0v) is 13.8. The van der Waals surface area contributed by atoms with Crippen LogP contribution in [0.2, 0.25) is 0 Å². The molecule has 0 bridgehead atoms. The molecular formula is C19H16N2O4. The highest BCUT2D eigenvalue weighted by atomic mass is 16.4. The molecule has 25 heavy (non-hydrogen) atoms. The molecule has 1 heterocycles.